The van der Waals surface area contributed by atoms with E-state index in [-0.39, 0.29) is 17.2 Å². The molecule has 3 rings (SSSR count). The van der Waals surface area contributed by atoms with Crippen LogP contribution in [0.5, 0.6) is 0 Å². The molecule has 150 valence electrons. The second kappa shape index (κ2) is 8.81. The van der Waals surface area contributed by atoms with Gasteiger partial charge in [-0.2, -0.15) is 0 Å². The Bertz CT molecular complexity index is 942. The number of rotatable bonds is 6. The van der Waals surface area contributed by atoms with Crippen molar-refractivity contribution >= 4 is 15.9 Å². The third-order valence-corrected chi connectivity index (χ3v) is 6.05. The van der Waals surface area contributed by atoms with E-state index in [0.717, 1.165) is 5.56 Å². The molecule has 1 aliphatic rings. The monoisotopic (exact) mass is 406 g/mol. The lowest BCUT2D eigenvalue weighted by molar-refractivity contribution is 0.0722. The minimum atomic E-state index is -3.73. The van der Waals surface area contributed by atoms with Crippen LogP contribution in [0.15, 0.2) is 42.5 Å². The summed E-state index contributed by atoms with van der Waals surface area (Å²) in [6.07, 6.45) is 1.31. The van der Waals surface area contributed by atoms with Crippen molar-refractivity contribution in [3.05, 3.63) is 59.4 Å². The molecule has 2 N–H and O–H groups in total. The van der Waals surface area contributed by atoms with Crippen molar-refractivity contribution in [2.75, 3.05) is 19.0 Å². The van der Waals surface area contributed by atoms with Crippen LogP contribution in [0.3, 0.4) is 0 Å². The van der Waals surface area contributed by atoms with E-state index in [1.165, 1.54) is 6.07 Å². The number of benzene rings is 2. The molecule has 1 amide bonds. The lowest BCUT2D eigenvalue weighted by Crippen LogP contribution is -2.44. The highest BCUT2D eigenvalue weighted by atomic mass is 32.2. The maximum Gasteiger partial charge on any atom is 0.269 e. The Morgan fingerprint density at radius 1 is 1.14 bits per heavy atom. The maximum atomic E-state index is 14.5. The van der Waals surface area contributed by atoms with Gasteiger partial charge in [0.2, 0.25) is 10.0 Å². The molecule has 8 heteroatoms. The zero-order valence-corrected chi connectivity index (χ0v) is 16.4. The topological polar surface area (TPSA) is 84.5 Å². The molecule has 1 fully saturated rings. The molecule has 6 nitrogen and oxygen atoms in total. The van der Waals surface area contributed by atoms with Crippen molar-refractivity contribution in [2.24, 2.45) is 5.92 Å². The Morgan fingerprint density at radius 3 is 2.50 bits per heavy atom. The van der Waals surface area contributed by atoms with Gasteiger partial charge >= 0.3 is 0 Å². The summed E-state index contributed by atoms with van der Waals surface area (Å²) in [5.74, 6) is -1.65. The predicted octanol–water partition coefficient (Wildman–Crippen LogP) is 2.79. The average molecular weight is 406 g/mol. The molecule has 1 heterocycles. The van der Waals surface area contributed by atoms with E-state index in [9.17, 15) is 17.6 Å². The quantitative estimate of drug-likeness (QED) is 0.723. The van der Waals surface area contributed by atoms with Gasteiger partial charge in [-0.05, 0) is 54.5 Å². The lowest BCUT2D eigenvalue weighted by atomic mass is 9.99. The summed E-state index contributed by atoms with van der Waals surface area (Å²) in [7, 11) is -3.73. The van der Waals surface area contributed by atoms with Gasteiger partial charge < -0.3 is 4.74 Å². The van der Waals surface area contributed by atoms with Crippen LogP contribution < -0.4 is 10.3 Å². The van der Waals surface area contributed by atoms with Crippen LogP contribution in [0.4, 0.5) is 4.39 Å². The van der Waals surface area contributed by atoms with Crippen molar-refractivity contribution in [3.8, 4) is 11.1 Å². The van der Waals surface area contributed by atoms with Gasteiger partial charge in [0, 0.05) is 13.2 Å². The van der Waals surface area contributed by atoms with Crippen LogP contribution in [-0.2, 0) is 14.8 Å². The van der Waals surface area contributed by atoms with Gasteiger partial charge in [0.15, 0.2) is 0 Å². The summed E-state index contributed by atoms with van der Waals surface area (Å²) in [4.78, 5) is 14.5. The van der Waals surface area contributed by atoms with Gasteiger partial charge in [-0.15, -0.1) is 4.83 Å². The van der Waals surface area contributed by atoms with Crippen molar-refractivity contribution < 1.29 is 22.3 Å². The molecular weight excluding hydrogens is 383 g/mol. The maximum absolute atomic E-state index is 14.5. The number of carbonyl (C=O) groups is 1. The van der Waals surface area contributed by atoms with Gasteiger partial charge in [-0.25, -0.2) is 12.8 Å². The Hall–Kier alpha value is -2.29. The van der Waals surface area contributed by atoms with Crippen LogP contribution in [0.2, 0.25) is 0 Å². The smallest absolute Gasteiger partial charge is 0.269 e. The van der Waals surface area contributed by atoms with Crippen molar-refractivity contribution in [1.82, 2.24) is 10.3 Å². The third kappa shape index (κ3) is 5.15. The zero-order valence-electron chi connectivity index (χ0n) is 15.6. The number of sulfonamides is 1. The van der Waals surface area contributed by atoms with E-state index in [2.05, 4.69) is 10.3 Å². The molecule has 0 unspecified atom stereocenters. The Labute approximate surface area is 164 Å². The van der Waals surface area contributed by atoms with Crippen LogP contribution >= 0.6 is 0 Å². The van der Waals surface area contributed by atoms with Gasteiger partial charge in [0.05, 0.1) is 11.3 Å². The Morgan fingerprint density at radius 2 is 1.82 bits per heavy atom. The molecular formula is C20H23FN2O4S. The van der Waals surface area contributed by atoms with Crippen molar-refractivity contribution in [1.29, 1.82) is 0 Å². The summed E-state index contributed by atoms with van der Waals surface area (Å²) >= 11 is 0. The second-order valence-corrected chi connectivity index (χ2v) is 8.68. The Kier molecular flexibility index (Phi) is 6.43. The lowest BCUT2D eigenvalue weighted by Gasteiger charge is -2.21. The molecule has 0 atom stereocenters. The first-order valence-corrected chi connectivity index (χ1v) is 10.7. The predicted molar refractivity (Wildman–Crippen MR) is 105 cm³/mol. The molecule has 2 aromatic carbocycles. The number of hydrogen-bond donors (Lipinski definition) is 2. The van der Waals surface area contributed by atoms with E-state index in [1.54, 1.807) is 13.0 Å². The van der Waals surface area contributed by atoms with Crippen LogP contribution in [0.1, 0.15) is 28.8 Å². The number of hydrazine groups is 1. The van der Waals surface area contributed by atoms with Gasteiger partial charge in [-0.3, -0.25) is 10.2 Å². The molecule has 1 aliphatic heterocycles. The molecule has 1 saturated heterocycles. The van der Waals surface area contributed by atoms with Crippen LogP contribution in [0, 0.1) is 18.7 Å². The molecule has 2 aromatic rings. The number of hydrogen-bond acceptors (Lipinski definition) is 4. The van der Waals surface area contributed by atoms with Crippen molar-refractivity contribution in [2.45, 2.75) is 19.8 Å². The number of aryl methyl sites for hydroxylation is 1. The summed E-state index contributed by atoms with van der Waals surface area (Å²) in [5, 5.41) is 0. The summed E-state index contributed by atoms with van der Waals surface area (Å²) in [6.45, 7) is 2.63. The molecule has 0 bridgehead atoms. The zero-order chi connectivity index (χ0) is 20.1. The highest BCUT2D eigenvalue weighted by molar-refractivity contribution is 7.89. The fourth-order valence-electron chi connectivity index (χ4n) is 3.19. The number of ether oxygens (including phenoxy) is 1. The van der Waals surface area contributed by atoms with E-state index < -0.39 is 21.7 Å². The molecule has 28 heavy (non-hydrogen) atoms. The van der Waals surface area contributed by atoms with Gasteiger partial charge in [-0.1, -0.05) is 30.3 Å². The number of amides is 1. The van der Waals surface area contributed by atoms with E-state index in [4.69, 9.17) is 4.74 Å². The number of nitrogens with one attached hydrogen (secondary N) is 2. The standard InChI is InChI=1S/C20H23FN2O4S/c1-14-11-17(16-5-3-2-4-6-16)12-18(19(14)21)20(24)22-23-28(25,26)13-15-7-9-27-10-8-15/h2-6,11-12,15,23H,7-10,13H2,1H3,(H,22,24). The molecule has 0 aromatic heterocycles. The van der Waals surface area contributed by atoms with Crippen molar-refractivity contribution in [3.63, 3.8) is 0 Å². The summed E-state index contributed by atoms with van der Waals surface area (Å²) < 4.78 is 44.1. The Balaban J connectivity index is 1.72. The van der Waals surface area contributed by atoms with E-state index in [0.29, 0.717) is 37.2 Å². The largest absolute Gasteiger partial charge is 0.381 e. The average Bonchev–Trinajstić information content (AvgIpc) is 2.69. The van der Waals surface area contributed by atoms with Gasteiger partial charge in [0.25, 0.3) is 5.91 Å². The highest BCUT2D eigenvalue weighted by Crippen LogP contribution is 2.24. The minimum Gasteiger partial charge on any atom is -0.381 e. The highest BCUT2D eigenvalue weighted by Gasteiger charge is 2.23. The van der Waals surface area contributed by atoms with Crippen LogP contribution in [-0.4, -0.2) is 33.3 Å². The van der Waals surface area contributed by atoms with E-state index in [1.807, 2.05) is 30.3 Å². The molecule has 0 radical (unpaired) electrons. The number of halogens is 1. The fraction of sp³-hybridized carbons (Fsp3) is 0.350. The minimum absolute atomic E-state index is 0.0245. The fourth-order valence-corrected chi connectivity index (χ4v) is 4.47. The van der Waals surface area contributed by atoms with E-state index >= 15 is 0 Å². The van der Waals surface area contributed by atoms with Gasteiger partial charge in [0.1, 0.15) is 5.82 Å². The van der Waals surface area contributed by atoms with Crippen LogP contribution in [0.25, 0.3) is 11.1 Å². The first kappa shape index (κ1) is 20.4. The first-order valence-electron chi connectivity index (χ1n) is 9.09. The summed E-state index contributed by atoms with van der Waals surface area (Å²) in [5.41, 5.74) is 3.72. The summed E-state index contributed by atoms with van der Waals surface area (Å²) in [6, 6.07) is 12.3. The SMILES string of the molecule is Cc1cc(-c2ccccc2)cc(C(=O)NNS(=O)(=O)CC2CCOCC2)c1F. The number of carbonyl (C=O) groups excluding carboxylic acids is 1. The second-order valence-electron chi connectivity index (χ2n) is 6.91. The normalized spacial score (nSPS) is 15.4. The molecule has 0 aliphatic carbocycles. The first-order chi connectivity index (χ1) is 13.4. The molecule has 0 spiro atoms. The third-order valence-electron chi connectivity index (χ3n) is 4.72. The molecule has 0 saturated carbocycles.